The summed E-state index contributed by atoms with van der Waals surface area (Å²) >= 11 is 0. The van der Waals surface area contributed by atoms with E-state index in [1.807, 2.05) is 11.0 Å². The molecule has 0 spiro atoms. The number of carbonyl (C=O) groups excluding carboxylic acids is 1. The molecule has 20 heavy (non-hydrogen) atoms. The Morgan fingerprint density at radius 3 is 2.90 bits per heavy atom. The summed E-state index contributed by atoms with van der Waals surface area (Å²) < 4.78 is 0. The summed E-state index contributed by atoms with van der Waals surface area (Å²) in [5, 5.41) is 20.0. The van der Waals surface area contributed by atoms with Crippen molar-refractivity contribution in [2.24, 2.45) is 5.92 Å². The van der Waals surface area contributed by atoms with Crippen molar-refractivity contribution in [3.63, 3.8) is 0 Å². The van der Waals surface area contributed by atoms with Crippen LogP contribution in [0.1, 0.15) is 25.3 Å². The van der Waals surface area contributed by atoms with Gasteiger partial charge in [0.25, 0.3) is 5.69 Å². The van der Waals surface area contributed by atoms with Crippen molar-refractivity contribution < 1.29 is 9.72 Å². The van der Waals surface area contributed by atoms with Gasteiger partial charge in [-0.3, -0.25) is 14.9 Å². The number of piperidine rings is 1. The Hall–Kier alpha value is -2.42. The molecule has 6 nitrogen and oxygen atoms in total. The number of nitriles is 1. The van der Waals surface area contributed by atoms with Gasteiger partial charge in [0.05, 0.1) is 16.6 Å². The van der Waals surface area contributed by atoms with Crippen LogP contribution in [0.5, 0.6) is 0 Å². The van der Waals surface area contributed by atoms with E-state index in [-0.39, 0.29) is 17.4 Å². The third-order valence-electron chi connectivity index (χ3n) is 3.64. The molecule has 1 atom stereocenters. The van der Waals surface area contributed by atoms with Crippen molar-refractivity contribution in [1.29, 1.82) is 5.26 Å². The number of ketones is 1. The molecule has 104 valence electrons. The van der Waals surface area contributed by atoms with Gasteiger partial charge in [-0.05, 0) is 31.9 Å². The Labute approximate surface area is 116 Å². The highest BCUT2D eigenvalue weighted by Crippen LogP contribution is 2.32. The number of hydrogen-bond acceptors (Lipinski definition) is 5. The van der Waals surface area contributed by atoms with Crippen LogP contribution in [0, 0.1) is 27.4 Å². The van der Waals surface area contributed by atoms with Gasteiger partial charge in [-0.25, -0.2) is 0 Å². The minimum atomic E-state index is -0.451. The first-order chi connectivity index (χ1) is 9.52. The Balaban J connectivity index is 2.37. The maximum Gasteiger partial charge on any atom is 0.292 e. The van der Waals surface area contributed by atoms with Gasteiger partial charge < -0.3 is 4.90 Å². The number of rotatable bonds is 3. The number of benzene rings is 1. The van der Waals surface area contributed by atoms with Gasteiger partial charge in [-0.2, -0.15) is 5.26 Å². The average molecular weight is 273 g/mol. The van der Waals surface area contributed by atoms with E-state index >= 15 is 0 Å². The zero-order valence-electron chi connectivity index (χ0n) is 11.2. The van der Waals surface area contributed by atoms with E-state index in [9.17, 15) is 14.9 Å². The van der Waals surface area contributed by atoms with Crippen LogP contribution in [0.15, 0.2) is 18.2 Å². The summed E-state index contributed by atoms with van der Waals surface area (Å²) in [5.41, 5.74) is 0.795. The predicted octanol–water partition coefficient (Wildman–Crippen LogP) is 2.27. The molecule has 1 aromatic rings. The van der Waals surface area contributed by atoms with E-state index in [0.717, 1.165) is 12.8 Å². The van der Waals surface area contributed by atoms with Crippen LogP contribution in [-0.2, 0) is 4.79 Å². The molecule has 0 saturated carbocycles. The molecule has 1 aromatic carbocycles. The largest absolute Gasteiger partial charge is 0.365 e. The third-order valence-corrected chi connectivity index (χ3v) is 3.64. The summed E-state index contributed by atoms with van der Waals surface area (Å²) in [6.07, 6.45) is 1.63. The van der Waals surface area contributed by atoms with Crippen LogP contribution in [0.4, 0.5) is 11.4 Å². The molecule has 0 amide bonds. The normalized spacial score (nSPS) is 18.4. The van der Waals surface area contributed by atoms with E-state index in [4.69, 9.17) is 5.26 Å². The van der Waals surface area contributed by atoms with Gasteiger partial charge >= 0.3 is 0 Å². The molecular formula is C14H15N3O3. The third kappa shape index (κ3) is 2.77. The van der Waals surface area contributed by atoms with Crippen LogP contribution in [0.2, 0.25) is 0 Å². The topological polar surface area (TPSA) is 87.2 Å². The lowest BCUT2D eigenvalue weighted by Crippen LogP contribution is -2.38. The van der Waals surface area contributed by atoms with Crippen molar-refractivity contribution >= 4 is 17.2 Å². The van der Waals surface area contributed by atoms with Crippen LogP contribution in [0.3, 0.4) is 0 Å². The Morgan fingerprint density at radius 1 is 1.55 bits per heavy atom. The van der Waals surface area contributed by atoms with Crippen molar-refractivity contribution in [1.82, 2.24) is 0 Å². The molecule has 0 N–H and O–H groups in total. The van der Waals surface area contributed by atoms with Gasteiger partial charge in [0.2, 0.25) is 0 Å². The Morgan fingerprint density at radius 2 is 2.30 bits per heavy atom. The van der Waals surface area contributed by atoms with E-state index in [1.54, 1.807) is 6.92 Å². The minimum absolute atomic E-state index is 0.0202. The second-order valence-corrected chi connectivity index (χ2v) is 4.97. The average Bonchev–Trinajstić information content (AvgIpc) is 2.46. The van der Waals surface area contributed by atoms with Crippen molar-refractivity contribution in [2.75, 3.05) is 18.0 Å². The zero-order valence-corrected chi connectivity index (χ0v) is 11.2. The second-order valence-electron chi connectivity index (χ2n) is 4.97. The summed E-state index contributed by atoms with van der Waals surface area (Å²) in [6, 6.07) is 6.31. The number of Topliss-reactive ketones (excluding diaryl/α,β-unsaturated/α-hetero) is 1. The molecule has 1 aliphatic rings. The fourth-order valence-electron chi connectivity index (χ4n) is 2.53. The molecule has 0 bridgehead atoms. The van der Waals surface area contributed by atoms with Gasteiger partial charge in [0.15, 0.2) is 0 Å². The van der Waals surface area contributed by atoms with Crippen LogP contribution in [0.25, 0.3) is 0 Å². The smallest absolute Gasteiger partial charge is 0.292 e. The van der Waals surface area contributed by atoms with Gasteiger partial charge in [-0.15, -0.1) is 0 Å². The summed E-state index contributed by atoms with van der Waals surface area (Å²) in [6.45, 7) is 2.69. The van der Waals surface area contributed by atoms with Gasteiger partial charge in [0.1, 0.15) is 11.5 Å². The van der Waals surface area contributed by atoms with E-state index in [0.29, 0.717) is 24.3 Å². The summed E-state index contributed by atoms with van der Waals surface area (Å²) in [7, 11) is 0. The number of nitro benzene ring substituents is 1. The van der Waals surface area contributed by atoms with Crippen molar-refractivity contribution in [3.05, 3.63) is 33.9 Å². The molecular weight excluding hydrogens is 258 g/mol. The molecule has 1 saturated heterocycles. The fraction of sp³-hybridized carbons (Fsp3) is 0.429. The predicted molar refractivity (Wildman–Crippen MR) is 73.4 cm³/mol. The van der Waals surface area contributed by atoms with Gasteiger partial charge in [-0.1, -0.05) is 0 Å². The standard InChI is InChI=1S/C14H15N3O3/c1-10(18)12-3-2-6-16(9-12)14-7-11(8-15)4-5-13(14)17(19)20/h4-5,7,12H,2-3,6,9H2,1H3. The Kier molecular flexibility index (Phi) is 3.99. The van der Waals surface area contributed by atoms with Crippen molar-refractivity contribution in [2.45, 2.75) is 19.8 Å². The fourth-order valence-corrected chi connectivity index (χ4v) is 2.53. The summed E-state index contributed by atoms with van der Waals surface area (Å²) in [5.74, 6) is 0.0166. The SMILES string of the molecule is CC(=O)C1CCCN(c2cc(C#N)ccc2[N+](=O)[O-])C1. The maximum absolute atomic E-state index is 11.5. The lowest BCUT2D eigenvalue weighted by Gasteiger charge is -2.32. The highest BCUT2D eigenvalue weighted by Gasteiger charge is 2.27. The zero-order chi connectivity index (χ0) is 14.7. The molecule has 1 unspecified atom stereocenters. The van der Waals surface area contributed by atoms with Gasteiger partial charge in [0, 0.05) is 25.1 Å². The lowest BCUT2D eigenvalue weighted by molar-refractivity contribution is -0.384. The molecule has 6 heteroatoms. The first-order valence-electron chi connectivity index (χ1n) is 6.47. The molecule has 1 heterocycles. The highest BCUT2D eigenvalue weighted by atomic mass is 16.6. The first-order valence-corrected chi connectivity index (χ1v) is 6.47. The lowest BCUT2D eigenvalue weighted by atomic mass is 9.94. The summed E-state index contributed by atoms with van der Waals surface area (Å²) in [4.78, 5) is 24.0. The number of nitrogens with zero attached hydrogens (tertiary/aromatic N) is 3. The number of carbonyl (C=O) groups is 1. The Bertz CT molecular complexity index is 592. The molecule has 0 aliphatic carbocycles. The van der Waals surface area contributed by atoms with Crippen LogP contribution in [-0.4, -0.2) is 23.8 Å². The van der Waals surface area contributed by atoms with Crippen LogP contribution < -0.4 is 4.90 Å². The number of nitro groups is 1. The molecule has 1 aliphatic heterocycles. The number of hydrogen-bond donors (Lipinski definition) is 0. The first kappa shape index (κ1) is 14.0. The number of anilines is 1. The molecule has 0 aromatic heterocycles. The van der Waals surface area contributed by atoms with Crippen molar-refractivity contribution in [3.8, 4) is 6.07 Å². The highest BCUT2D eigenvalue weighted by molar-refractivity contribution is 5.79. The second kappa shape index (κ2) is 5.70. The monoisotopic (exact) mass is 273 g/mol. The molecule has 2 rings (SSSR count). The minimum Gasteiger partial charge on any atom is -0.365 e. The van der Waals surface area contributed by atoms with E-state index < -0.39 is 4.92 Å². The molecule has 1 fully saturated rings. The van der Waals surface area contributed by atoms with Crippen LogP contribution >= 0.6 is 0 Å². The quantitative estimate of drug-likeness (QED) is 0.622. The maximum atomic E-state index is 11.5. The van der Waals surface area contributed by atoms with E-state index in [2.05, 4.69) is 0 Å². The van der Waals surface area contributed by atoms with E-state index in [1.165, 1.54) is 18.2 Å². The molecule has 0 radical (unpaired) electrons.